The number of hydrogen-bond donors (Lipinski definition) is 1. The van der Waals surface area contributed by atoms with Crippen LogP contribution in [0.2, 0.25) is 0 Å². The van der Waals surface area contributed by atoms with Crippen molar-refractivity contribution in [1.82, 2.24) is 4.98 Å². The van der Waals surface area contributed by atoms with Crippen molar-refractivity contribution in [2.45, 2.75) is 25.7 Å². The van der Waals surface area contributed by atoms with Gasteiger partial charge in [0, 0.05) is 23.9 Å². The maximum absolute atomic E-state index is 10.7. The topological polar surface area (TPSA) is 56.0 Å². The monoisotopic (exact) mass is 184 g/mol. The summed E-state index contributed by atoms with van der Waals surface area (Å²) in [5, 5.41) is 2.93. The van der Waals surface area contributed by atoms with Gasteiger partial charge in [-0.3, -0.25) is 4.79 Å². The Labute approximate surface area is 75.6 Å². The van der Waals surface area contributed by atoms with Gasteiger partial charge in [-0.25, -0.2) is 4.98 Å². The molecule has 1 rings (SSSR count). The van der Waals surface area contributed by atoms with Gasteiger partial charge in [0.2, 0.25) is 5.91 Å². The predicted molar refractivity (Wildman–Crippen MR) is 49.0 cm³/mol. The third-order valence-electron chi connectivity index (χ3n) is 1.74. The zero-order valence-corrected chi connectivity index (χ0v) is 7.80. The summed E-state index contributed by atoms with van der Waals surface area (Å²) in [5.74, 6) is -0.0421. The number of carbonyl (C=O) groups excluding carboxylic acids is 1. The van der Waals surface area contributed by atoms with Gasteiger partial charge in [-0.05, 0) is 6.42 Å². The number of primary amides is 1. The molecule has 0 aliphatic heterocycles. The quantitative estimate of drug-likeness (QED) is 0.771. The van der Waals surface area contributed by atoms with Crippen molar-refractivity contribution < 1.29 is 4.79 Å². The molecular formula is C8H12N2OS. The fourth-order valence-corrected chi connectivity index (χ4v) is 1.91. The van der Waals surface area contributed by atoms with Crippen LogP contribution in [0.25, 0.3) is 0 Å². The normalized spacial score (nSPS) is 12.8. The summed E-state index contributed by atoms with van der Waals surface area (Å²) in [7, 11) is 0. The van der Waals surface area contributed by atoms with Crippen molar-refractivity contribution in [1.29, 1.82) is 0 Å². The molecule has 0 saturated carbocycles. The summed E-state index contributed by atoms with van der Waals surface area (Å²) in [6.45, 7) is 2.04. The highest BCUT2D eigenvalue weighted by molar-refractivity contribution is 7.09. The van der Waals surface area contributed by atoms with Crippen LogP contribution in [0.15, 0.2) is 11.6 Å². The van der Waals surface area contributed by atoms with E-state index < -0.39 is 0 Å². The molecule has 1 aromatic heterocycles. The molecule has 0 bridgehead atoms. The minimum atomic E-state index is -0.253. The number of carbonyl (C=O) groups is 1. The Hall–Kier alpha value is -0.900. The summed E-state index contributed by atoms with van der Waals surface area (Å²) in [4.78, 5) is 14.8. The van der Waals surface area contributed by atoms with Crippen LogP contribution in [-0.4, -0.2) is 10.9 Å². The van der Waals surface area contributed by atoms with E-state index in [0.717, 1.165) is 11.4 Å². The maximum Gasteiger partial charge on any atom is 0.218 e. The third-order valence-corrected chi connectivity index (χ3v) is 2.68. The molecule has 1 atom stereocenters. The molecule has 4 heteroatoms. The first-order valence-corrected chi connectivity index (χ1v) is 4.79. The van der Waals surface area contributed by atoms with E-state index in [9.17, 15) is 4.79 Å². The second-order valence-corrected chi connectivity index (χ2v) is 3.57. The van der Waals surface area contributed by atoms with Gasteiger partial charge < -0.3 is 5.73 Å². The van der Waals surface area contributed by atoms with Gasteiger partial charge in [-0.2, -0.15) is 0 Å². The number of nitrogens with two attached hydrogens (primary N) is 1. The van der Waals surface area contributed by atoms with Crippen molar-refractivity contribution in [2.75, 3.05) is 0 Å². The van der Waals surface area contributed by atoms with E-state index in [4.69, 9.17) is 5.73 Å². The van der Waals surface area contributed by atoms with Crippen LogP contribution >= 0.6 is 11.3 Å². The second kappa shape index (κ2) is 4.21. The van der Waals surface area contributed by atoms with Gasteiger partial charge >= 0.3 is 0 Å². The van der Waals surface area contributed by atoms with Crippen molar-refractivity contribution in [3.05, 3.63) is 16.6 Å². The number of nitrogens with zero attached hydrogens (tertiary/aromatic N) is 1. The molecule has 0 spiro atoms. The molecule has 1 heterocycles. The average molecular weight is 184 g/mol. The van der Waals surface area contributed by atoms with E-state index in [0.29, 0.717) is 6.42 Å². The number of hydrogen-bond acceptors (Lipinski definition) is 3. The molecule has 12 heavy (non-hydrogen) atoms. The Kier molecular flexibility index (Phi) is 3.22. The highest BCUT2D eigenvalue weighted by Crippen LogP contribution is 2.24. The van der Waals surface area contributed by atoms with Gasteiger partial charge in [-0.15, -0.1) is 11.3 Å². The first-order chi connectivity index (χ1) is 5.74. The van der Waals surface area contributed by atoms with Gasteiger partial charge in [0.1, 0.15) is 0 Å². The number of aromatic nitrogens is 1. The Balaban J connectivity index is 2.63. The SMILES string of the molecule is CCC(CC(N)=O)c1nccs1. The Morgan fingerprint density at radius 1 is 1.83 bits per heavy atom. The first kappa shape index (κ1) is 9.19. The molecule has 1 amide bonds. The van der Waals surface area contributed by atoms with Crippen LogP contribution in [-0.2, 0) is 4.79 Å². The van der Waals surface area contributed by atoms with Crippen LogP contribution in [0.5, 0.6) is 0 Å². The third kappa shape index (κ3) is 2.30. The van der Waals surface area contributed by atoms with Crippen molar-refractivity contribution in [2.24, 2.45) is 5.73 Å². The lowest BCUT2D eigenvalue weighted by molar-refractivity contribution is -0.118. The molecule has 1 unspecified atom stereocenters. The standard InChI is InChI=1S/C8H12N2OS/c1-2-6(5-7(9)11)8-10-3-4-12-8/h3-4,6H,2,5H2,1H3,(H2,9,11). The minimum Gasteiger partial charge on any atom is -0.370 e. The Morgan fingerprint density at radius 2 is 2.58 bits per heavy atom. The molecule has 3 nitrogen and oxygen atoms in total. The highest BCUT2D eigenvalue weighted by atomic mass is 32.1. The summed E-state index contributed by atoms with van der Waals surface area (Å²) < 4.78 is 0. The number of amides is 1. The lowest BCUT2D eigenvalue weighted by Gasteiger charge is -2.07. The zero-order chi connectivity index (χ0) is 8.97. The molecule has 0 aliphatic rings. The molecular weight excluding hydrogens is 172 g/mol. The van der Waals surface area contributed by atoms with E-state index in [1.54, 1.807) is 17.5 Å². The molecule has 0 saturated heterocycles. The fourth-order valence-electron chi connectivity index (χ4n) is 1.09. The van der Waals surface area contributed by atoms with Gasteiger partial charge in [0.25, 0.3) is 0 Å². The predicted octanol–water partition coefficient (Wildman–Crippen LogP) is 1.51. The Bertz CT molecular complexity index is 246. The van der Waals surface area contributed by atoms with Gasteiger partial charge in [0.15, 0.2) is 0 Å². The molecule has 2 N–H and O–H groups in total. The van der Waals surface area contributed by atoms with Crippen LogP contribution in [0.3, 0.4) is 0 Å². The van der Waals surface area contributed by atoms with E-state index in [-0.39, 0.29) is 11.8 Å². The minimum absolute atomic E-state index is 0.211. The lowest BCUT2D eigenvalue weighted by atomic mass is 10.0. The number of rotatable bonds is 4. The van der Waals surface area contributed by atoms with E-state index in [1.807, 2.05) is 12.3 Å². The van der Waals surface area contributed by atoms with Crippen LogP contribution in [0.1, 0.15) is 30.7 Å². The van der Waals surface area contributed by atoms with Crippen LogP contribution < -0.4 is 5.73 Å². The molecule has 0 fully saturated rings. The molecule has 66 valence electrons. The molecule has 0 aromatic carbocycles. The molecule has 0 radical (unpaired) electrons. The fraction of sp³-hybridized carbons (Fsp3) is 0.500. The van der Waals surface area contributed by atoms with Crippen LogP contribution in [0, 0.1) is 0 Å². The Morgan fingerprint density at radius 3 is 3.00 bits per heavy atom. The summed E-state index contributed by atoms with van der Waals surface area (Å²) >= 11 is 1.58. The van der Waals surface area contributed by atoms with E-state index >= 15 is 0 Å². The van der Waals surface area contributed by atoms with Crippen molar-refractivity contribution >= 4 is 17.2 Å². The largest absolute Gasteiger partial charge is 0.370 e. The smallest absolute Gasteiger partial charge is 0.218 e. The van der Waals surface area contributed by atoms with Crippen molar-refractivity contribution in [3.63, 3.8) is 0 Å². The second-order valence-electron chi connectivity index (χ2n) is 2.65. The zero-order valence-electron chi connectivity index (χ0n) is 6.99. The molecule has 0 aliphatic carbocycles. The van der Waals surface area contributed by atoms with E-state index in [1.165, 1.54) is 0 Å². The highest BCUT2D eigenvalue weighted by Gasteiger charge is 2.13. The van der Waals surface area contributed by atoms with Gasteiger partial charge in [-0.1, -0.05) is 6.92 Å². The number of thiazole rings is 1. The lowest BCUT2D eigenvalue weighted by Crippen LogP contribution is -2.14. The maximum atomic E-state index is 10.7. The van der Waals surface area contributed by atoms with Crippen molar-refractivity contribution in [3.8, 4) is 0 Å². The average Bonchev–Trinajstić information content (AvgIpc) is 2.51. The van der Waals surface area contributed by atoms with Crippen LogP contribution in [0.4, 0.5) is 0 Å². The van der Waals surface area contributed by atoms with E-state index in [2.05, 4.69) is 4.98 Å². The summed E-state index contributed by atoms with van der Waals surface area (Å²) in [6, 6.07) is 0. The van der Waals surface area contributed by atoms with Gasteiger partial charge in [0.05, 0.1) is 5.01 Å². The first-order valence-electron chi connectivity index (χ1n) is 3.91. The summed E-state index contributed by atoms with van der Waals surface area (Å²) in [5.41, 5.74) is 5.11. The summed E-state index contributed by atoms with van der Waals surface area (Å²) in [6.07, 6.45) is 3.07. The molecule has 1 aromatic rings.